The minimum atomic E-state index is -0.161. The number of hydrogen-bond donors (Lipinski definition) is 0. The van der Waals surface area contributed by atoms with Crippen molar-refractivity contribution in [2.45, 2.75) is 31.6 Å². The molecule has 1 aromatic carbocycles. The second-order valence-corrected chi connectivity index (χ2v) is 7.48. The van der Waals surface area contributed by atoms with Gasteiger partial charge in [0.1, 0.15) is 5.82 Å². The number of pyridine rings is 1. The van der Waals surface area contributed by atoms with Crippen LogP contribution in [0.3, 0.4) is 0 Å². The number of piperidine rings is 1. The van der Waals surface area contributed by atoms with Gasteiger partial charge in [-0.25, -0.2) is 14.0 Å². The van der Waals surface area contributed by atoms with Gasteiger partial charge in [0.2, 0.25) is 5.91 Å². The third kappa shape index (κ3) is 4.13. The molecule has 7 nitrogen and oxygen atoms in total. The number of para-hydroxylation sites is 1. The lowest BCUT2D eigenvalue weighted by molar-refractivity contribution is -0.132. The quantitative estimate of drug-likeness (QED) is 0.669. The maximum atomic E-state index is 12.8. The van der Waals surface area contributed by atoms with E-state index in [1.807, 2.05) is 47.4 Å². The molecule has 1 fully saturated rings. The first kappa shape index (κ1) is 19.1. The number of carbonyl (C=O) groups excluding carboxylic acids is 1. The Labute approximate surface area is 169 Å². The molecule has 0 saturated carbocycles. The molecule has 1 amide bonds. The number of hydrogen-bond acceptors (Lipinski definition) is 4. The van der Waals surface area contributed by atoms with Crippen LogP contribution in [-0.2, 0) is 18.3 Å². The summed E-state index contributed by atoms with van der Waals surface area (Å²) in [5.41, 5.74) is 1.71. The molecule has 29 heavy (non-hydrogen) atoms. The van der Waals surface area contributed by atoms with Gasteiger partial charge in [-0.2, -0.15) is 5.10 Å². The Morgan fingerprint density at radius 3 is 2.76 bits per heavy atom. The second-order valence-electron chi connectivity index (χ2n) is 7.48. The molecular formula is C22H25N5O2. The molecule has 1 aliphatic heterocycles. The van der Waals surface area contributed by atoms with Crippen molar-refractivity contribution in [2.24, 2.45) is 7.05 Å². The SMILES string of the molecule is Cn1nc([C@@H]2CCCN(C(=O)CCc3cccnc3)C2)n(-c2ccccc2)c1=O. The topological polar surface area (TPSA) is 73.0 Å². The van der Waals surface area contributed by atoms with Crippen LogP contribution in [0, 0.1) is 0 Å². The molecule has 1 aliphatic rings. The van der Waals surface area contributed by atoms with Gasteiger partial charge < -0.3 is 4.90 Å². The Balaban J connectivity index is 1.51. The minimum absolute atomic E-state index is 0.0419. The number of likely N-dealkylation sites (tertiary alicyclic amines) is 1. The summed E-state index contributed by atoms with van der Waals surface area (Å²) < 4.78 is 3.06. The average Bonchev–Trinajstić information content (AvgIpc) is 3.08. The number of benzene rings is 1. The van der Waals surface area contributed by atoms with Crippen molar-refractivity contribution in [3.05, 3.63) is 76.7 Å². The van der Waals surface area contributed by atoms with Crippen molar-refractivity contribution in [3.63, 3.8) is 0 Å². The maximum absolute atomic E-state index is 12.8. The third-order valence-electron chi connectivity index (χ3n) is 5.45. The predicted molar refractivity (Wildman–Crippen MR) is 110 cm³/mol. The summed E-state index contributed by atoms with van der Waals surface area (Å²) in [5.74, 6) is 0.914. The van der Waals surface area contributed by atoms with Crippen LogP contribution in [0.15, 0.2) is 59.7 Å². The van der Waals surface area contributed by atoms with Gasteiger partial charge in [-0.05, 0) is 43.0 Å². The van der Waals surface area contributed by atoms with E-state index in [9.17, 15) is 9.59 Å². The molecule has 0 bridgehead atoms. The summed E-state index contributed by atoms with van der Waals surface area (Å²) in [6.45, 7) is 1.35. The fourth-order valence-corrected chi connectivity index (χ4v) is 3.94. The third-order valence-corrected chi connectivity index (χ3v) is 5.45. The smallest absolute Gasteiger partial charge is 0.342 e. The highest BCUT2D eigenvalue weighted by molar-refractivity contribution is 5.76. The number of amides is 1. The Hall–Kier alpha value is -3.22. The van der Waals surface area contributed by atoms with Crippen LogP contribution in [0.4, 0.5) is 0 Å². The molecule has 3 heterocycles. The largest absolute Gasteiger partial charge is 0.350 e. The molecule has 0 spiro atoms. The summed E-state index contributed by atoms with van der Waals surface area (Å²) in [6.07, 6.45) is 6.51. The van der Waals surface area contributed by atoms with E-state index in [0.717, 1.165) is 36.5 Å². The van der Waals surface area contributed by atoms with Crippen molar-refractivity contribution in [1.29, 1.82) is 0 Å². The first-order chi connectivity index (χ1) is 14.1. The highest BCUT2D eigenvalue weighted by Crippen LogP contribution is 2.27. The van der Waals surface area contributed by atoms with Crippen molar-refractivity contribution in [1.82, 2.24) is 24.2 Å². The molecule has 0 aliphatic carbocycles. The first-order valence-electron chi connectivity index (χ1n) is 10.0. The van der Waals surface area contributed by atoms with Crippen LogP contribution in [0.25, 0.3) is 5.69 Å². The Bertz CT molecular complexity index is 1030. The maximum Gasteiger partial charge on any atom is 0.350 e. The molecule has 4 rings (SSSR count). The molecule has 3 aromatic rings. The van der Waals surface area contributed by atoms with Gasteiger partial charge in [0, 0.05) is 44.9 Å². The number of aromatic nitrogens is 4. The summed E-state index contributed by atoms with van der Waals surface area (Å²) >= 11 is 0. The molecule has 7 heteroatoms. The van der Waals surface area contributed by atoms with E-state index in [1.54, 1.807) is 24.0 Å². The number of nitrogens with zero attached hydrogens (tertiary/aromatic N) is 5. The van der Waals surface area contributed by atoms with E-state index < -0.39 is 0 Å². The number of aryl methyl sites for hydroxylation is 2. The zero-order valence-corrected chi connectivity index (χ0v) is 16.6. The van der Waals surface area contributed by atoms with Gasteiger partial charge in [0.25, 0.3) is 0 Å². The van der Waals surface area contributed by atoms with Gasteiger partial charge in [-0.3, -0.25) is 9.78 Å². The zero-order chi connectivity index (χ0) is 20.2. The van der Waals surface area contributed by atoms with Crippen LogP contribution in [0.5, 0.6) is 0 Å². The van der Waals surface area contributed by atoms with E-state index in [0.29, 0.717) is 19.4 Å². The Morgan fingerprint density at radius 2 is 2.00 bits per heavy atom. The minimum Gasteiger partial charge on any atom is -0.342 e. The van der Waals surface area contributed by atoms with Crippen molar-refractivity contribution in [3.8, 4) is 5.69 Å². The van der Waals surface area contributed by atoms with E-state index in [-0.39, 0.29) is 17.5 Å². The molecule has 1 atom stereocenters. The summed E-state index contributed by atoms with van der Waals surface area (Å²) in [4.78, 5) is 31.5. The van der Waals surface area contributed by atoms with Crippen LogP contribution in [0.1, 0.15) is 36.6 Å². The van der Waals surface area contributed by atoms with Crippen molar-refractivity contribution in [2.75, 3.05) is 13.1 Å². The second kappa shape index (κ2) is 8.43. The summed E-state index contributed by atoms with van der Waals surface area (Å²) in [5, 5.41) is 4.52. The van der Waals surface area contributed by atoms with Crippen LogP contribution < -0.4 is 5.69 Å². The summed E-state index contributed by atoms with van der Waals surface area (Å²) in [7, 11) is 1.67. The van der Waals surface area contributed by atoms with Crippen molar-refractivity contribution >= 4 is 5.91 Å². The van der Waals surface area contributed by atoms with E-state index >= 15 is 0 Å². The van der Waals surface area contributed by atoms with Crippen LogP contribution in [-0.4, -0.2) is 43.2 Å². The number of rotatable bonds is 5. The Kier molecular flexibility index (Phi) is 5.55. The molecule has 0 radical (unpaired) electrons. The van der Waals surface area contributed by atoms with Crippen LogP contribution in [0.2, 0.25) is 0 Å². The van der Waals surface area contributed by atoms with Gasteiger partial charge in [0.15, 0.2) is 0 Å². The molecule has 2 aromatic heterocycles. The van der Waals surface area contributed by atoms with Crippen LogP contribution >= 0.6 is 0 Å². The van der Waals surface area contributed by atoms with Gasteiger partial charge in [0.05, 0.1) is 5.69 Å². The average molecular weight is 391 g/mol. The van der Waals surface area contributed by atoms with Gasteiger partial charge in [-0.15, -0.1) is 0 Å². The lowest BCUT2D eigenvalue weighted by Gasteiger charge is -2.32. The fourth-order valence-electron chi connectivity index (χ4n) is 3.94. The highest BCUT2D eigenvalue weighted by Gasteiger charge is 2.29. The molecule has 0 unspecified atom stereocenters. The molecule has 1 saturated heterocycles. The fraction of sp³-hybridized carbons (Fsp3) is 0.364. The standard InChI is InChI=1S/C22H25N5O2/c1-25-22(29)27(19-9-3-2-4-10-19)21(24-25)18-8-6-14-26(16-18)20(28)12-11-17-7-5-13-23-15-17/h2-5,7,9-10,13,15,18H,6,8,11-12,14,16H2,1H3/t18-/m1/s1. The van der Waals surface area contributed by atoms with E-state index in [4.69, 9.17) is 0 Å². The molecule has 0 N–H and O–H groups in total. The van der Waals surface area contributed by atoms with Gasteiger partial charge >= 0.3 is 5.69 Å². The molecule has 150 valence electrons. The predicted octanol–water partition coefficient (Wildman–Crippen LogP) is 2.30. The first-order valence-corrected chi connectivity index (χ1v) is 10.0. The lowest BCUT2D eigenvalue weighted by atomic mass is 9.96. The van der Waals surface area contributed by atoms with E-state index in [1.165, 1.54) is 4.68 Å². The van der Waals surface area contributed by atoms with Crippen molar-refractivity contribution < 1.29 is 4.79 Å². The van der Waals surface area contributed by atoms with E-state index in [2.05, 4.69) is 10.1 Å². The highest BCUT2D eigenvalue weighted by atomic mass is 16.2. The number of carbonyl (C=O) groups is 1. The lowest BCUT2D eigenvalue weighted by Crippen LogP contribution is -2.40. The Morgan fingerprint density at radius 1 is 1.17 bits per heavy atom. The monoisotopic (exact) mass is 391 g/mol. The zero-order valence-electron chi connectivity index (χ0n) is 16.6. The van der Waals surface area contributed by atoms with Gasteiger partial charge in [-0.1, -0.05) is 24.3 Å². The normalized spacial score (nSPS) is 16.7. The summed E-state index contributed by atoms with van der Waals surface area (Å²) in [6, 6.07) is 13.4. The molecular weight excluding hydrogens is 366 g/mol.